The average molecular weight is 313 g/mol. The zero-order valence-corrected chi connectivity index (χ0v) is 13.8. The Morgan fingerprint density at radius 1 is 1.38 bits per heavy atom. The van der Waals surface area contributed by atoms with Gasteiger partial charge in [-0.15, -0.1) is 0 Å². The molecule has 1 amide bonds. The molecule has 1 aromatic carbocycles. The molecule has 0 spiro atoms. The summed E-state index contributed by atoms with van der Waals surface area (Å²) in [5.74, 6) is 0.597. The summed E-state index contributed by atoms with van der Waals surface area (Å²) in [6.07, 6.45) is 2.15. The van der Waals surface area contributed by atoms with Crippen molar-refractivity contribution in [2.24, 2.45) is 11.1 Å². The molecular weight excluding hydrogens is 288 g/mol. The predicted octanol–water partition coefficient (Wildman–Crippen LogP) is 3.83. The predicted molar refractivity (Wildman–Crippen MR) is 87.9 cm³/mol. The zero-order chi connectivity index (χ0) is 15.9. The number of nitrogens with one attached hydrogen (secondary N) is 1. The van der Waals surface area contributed by atoms with Crippen LogP contribution in [0.1, 0.15) is 40.0 Å². The molecule has 0 bridgehead atoms. The third kappa shape index (κ3) is 6.36. The minimum Gasteiger partial charge on any atom is -0.492 e. The molecule has 0 fully saturated rings. The molecule has 0 heterocycles. The Hall–Kier alpha value is -1.26. The first-order valence-electron chi connectivity index (χ1n) is 7.30. The van der Waals surface area contributed by atoms with Crippen molar-refractivity contribution in [2.75, 3.05) is 18.5 Å². The number of hydrogen-bond acceptors (Lipinski definition) is 3. The van der Waals surface area contributed by atoms with Gasteiger partial charge in [0.1, 0.15) is 5.75 Å². The molecule has 0 radical (unpaired) electrons. The van der Waals surface area contributed by atoms with Gasteiger partial charge in [0.05, 0.1) is 12.3 Å². The fourth-order valence-corrected chi connectivity index (χ4v) is 2.23. The summed E-state index contributed by atoms with van der Waals surface area (Å²) < 4.78 is 5.49. The fraction of sp³-hybridized carbons (Fsp3) is 0.562. The number of carbonyl (C=O) groups excluding carboxylic acids is 1. The molecule has 0 aliphatic rings. The Kier molecular flexibility index (Phi) is 6.99. The zero-order valence-electron chi connectivity index (χ0n) is 13.0. The van der Waals surface area contributed by atoms with E-state index < -0.39 is 0 Å². The van der Waals surface area contributed by atoms with Crippen LogP contribution < -0.4 is 15.8 Å². The van der Waals surface area contributed by atoms with Gasteiger partial charge in [-0.05, 0) is 49.9 Å². The molecule has 0 unspecified atom stereocenters. The summed E-state index contributed by atoms with van der Waals surface area (Å²) in [5, 5.41) is 3.44. The molecule has 0 saturated carbocycles. The molecule has 0 aliphatic carbocycles. The third-order valence-electron chi connectivity index (χ3n) is 3.37. The molecule has 3 N–H and O–H groups in total. The SMILES string of the molecule is CCOc1ccc(Cl)cc1NC(=O)CCC(C)(C)CCN. The molecule has 1 aromatic rings. The van der Waals surface area contributed by atoms with Crippen LogP contribution in [0.3, 0.4) is 0 Å². The molecular formula is C16H25ClN2O2. The summed E-state index contributed by atoms with van der Waals surface area (Å²) >= 11 is 5.97. The van der Waals surface area contributed by atoms with Crippen LogP contribution >= 0.6 is 11.6 Å². The smallest absolute Gasteiger partial charge is 0.224 e. The van der Waals surface area contributed by atoms with Crippen LogP contribution in [0.4, 0.5) is 5.69 Å². The molecule has 0 aromatic heterocycles. The van der Waals surface area contributed by atoms with Gasteiger partial charge in [0, 0.05) is 11.4 Å². The molecule has 118 valence electrons. The van der Waals surface area contributed by atoms with Gasteiger partial charge in [0.2, 0.25) is 5.91 Å². The minimum absolute atomic E-state index is 0.0386. The number of carbonyl (C=O) groups is 1. The third-order valence-corrected chi connectivity index (χ3v) is 3.60. The maximum atomic E-state index is 12.1. The Morgan fingerprint density at radius 3 is 2.71 bits per heavy atom. The second kappa shape index (κ2) is 8.25. The van der Waals surface area contributed by atoms with Crippen LogP contribution in [0.15, 0.2) is 18.2 Å². The number of rotatable bonds is 8. The lowest BCUT2D eigenvalue weighted by Gasteiger charge is -2.23. The van der Waals surface area contributed by atoms with Gasteiger partial charge >= 0.3 is 0 Å². The van der Waals surface area contributed by atoms with E-state index in [1.165, 1.54) is 0 Å². The summed E-state index contributed by atoms with van der Waals surface area (Å²) in [7, 11) is 0. The Bertz CT molecular complexity index is 475. The normalized spacial score (nSPS) is 11.3. The van der Waals surface area contributed by atoms with Crippen LogP contribution in [-0.2, 0) is 4.79 Å². The highest BCUT2D eigenvalue weighted by Crippen LogP contribution is 2.29. The first-order chi connectivity index (χ1) is 9.88. The van der Waals surface area contributed by atoms with Crippen molar-refractivity contribution in [2.45, 2.75) is 40.0 Å². The maximum absolute atomic E-state index is 12.1. The van der Waals surface area contributed by atoms with Crippen molar-refractivity contribution in [1.82, 2.24) is 0 Å². The topological polar surface area (TPSA) is 64.3 Å². The van der Waals surface area contributed by atoms with Crippen LogP contribution in [-0.4, -0.2) is 19.1 Å². The highest BCUT2D eigenvalue weighted by atomic mass is 35.5. The van der Waals surface area contributed by atoms with Crippen molar-refractivity contribution in [3.05, 3.63) is 23.2 Å². The Labute approximate surface area is 132 Å². The van der Waals surface area contributed by atoms with E-state index in [0.29, 0.717) is 36.0 Å². The van der Waals surface area contributed by atoms with Gasteiger partial charge in [-0.2, -0.15) is 0 Å². The molecule has 21 heavy (non-hydrogen) atoms. The van der Waals surface area contributed by atoms with E-state index >= 15 is 0 Å². The van der Waals surface area contributed by atoms with E-state index in [2.05, 4.69) is 19.2 Å². The van der Waals surface area contributed by atoms with E-state index in [4.69, 9.17) is 22.1 Å². The van der Waals surface area contributed by atoms with E-state index in [-0.39, 0.29) is 11.3 Å². The minimum atomic E-state index is -0.0386. The first kappa shape index (κ1) is 17.8. The van der Waals surface area contributed by atoms with Gasteiger partial charge in [0.15, 0.2) is 0 Å². The van der Waals surface area contributed by atoms with Crippen molar-refractivity contribution in [1.29, 1.82) is 0 Å². The van der Waals surface area contributed by atoms with Gasteiger partial charge in [-0.1, -0.05) is 25.4 Å². The van der Waals surface area contributed by atoms with E-state index in [1.807, 2.05) is 6.92 Å². The van der Waals surface area contributed by atoms with Crippen molar-refractivity contribution >= 4 is 23.2 Å². The van der Waals surface area contributed by atoms with Gasteiger partial charge in [-0.25, -0.2) is 0 Å². The Balaban J connectivity index is 2.64. The number of halogens is 1. The number of anilines is 1. The number of ether oxygens (including phenoxy) is 1. The molecule has 4 nitrogen and oxygen atoms in total. The summed E-state index contributed by atoms with van der Waals surface area (Å²) in [5.41, 5.74) is 6.27. The average Bonchev–Trinajstić information content (AvgIpc) is 2.40. The van der Waals surface area contributed by atoms with E-state index in [9.17, 15) is 4.79 Å². The largest absolute Gasteiger partial charge is 0.492 e. The lowest BCUT2D eigenvalue weighted by Crippen LogP contribution is -2.20. The summed E-state index contributed by atoms with van der Waals surface area (Å²) in [6.45, 7) is 7.32. The monoisotopic (exact) mass is 312 g/mol. The molecule has 0 aliphatic heterocycles. The van der Waals surface area contributed by atoms with Gasteiger partial charge in [-0.3, -0.25) is 4.79 Å². The Morgan fingerprint density at radius 2 is 2.10 bits per heavy atom. The molecule has 5 heteroatoms. The molecule has 1 rings (SSSR count). The highest BCUT2D eigenvalue weighted by molar-refractivity contribution is 6.31. The maximum Gasteiger partial charge on any atom is 0.224 e. The second-order valence-electron chi connectivity index (χ2n) is 5.82. The molecule has 0 atom stereocenters. The lowest BCUT2D eigenvalue weighted by atomic mass is 9.84. The fourth-order valence-electron chi connectivity index (χ4n) is 2.06. The molecule has 0 saturated heterocycles. The standard InChI is InChI=1S/C16H25ClN2O2/c1-4-21-14-6-5-12(17)11-13(14)19-15(20)7-8-16(2,3)9-10-18/h5-6,11H,4,7-10,18H2,1-3H3,(H,19,20). The van der Waals surface area contributed by atoms with Crippen LogP contribution in [0.5, 0.6) is 5.75 Å². The highest BCUT2D eigenvalue weighted by Gasteiger charge is 2.18. The van der Waals surface area contributed by atoms with Crippen molar-refractivity contribution < 1.29 is 9.53 Å². The van der Waals surface area contributed by atoms with E-state index in [0.717, 1.165) is 12.8 Å². The number of hydrogen-bond donors (Lipinski definition) is 2. The first-order valence-corrected chi connectivity index (χ1v) is 7.68. The summed E-state index contributed by atoms with van der Waals surface area (Å²) in [4.78, 5) is 12.1. The lowest BCUT2D eigenvalue weighted by molar-refractivity contribution is -0.116. The van der Waals surface area contributed by atoms with Gasteiger partial charge in [0.25, 0.3) is 0 Å². The van der Waals surface area contributed by atoms with Gasteiger partial charge < -0.3 is 15.8 Å². The van der Waals surface area contributed by atoms with Crippen molar-refractivity contribution in [3.63, 3.8) is 0 Å². The number of benzene rings is 1. The number of amides is 1. The summed E-state index contributed by atoms with van der Waals surface area (Å²) in [6, 6.07) is 5.21. The quantitative estimate of drug-likeness (QED) is 0.766. The van der Waals surface area contributed by atoms with Crippen LogP contribution in [0, 0.1) is 5.41 Å². The van der Waals surface area contributed by atoms with Crippen LogP contribution in [0.25, 0.3) is 0 Å². The van der Waals surface area contributed by atoms with Crippen LogP contribution in [0.2, 0.25) is 5.02 Å². The second-order valence-corrected chi connectivity index (χ2v) is 6.26. The van der Waals surface area contributed by atoms with E-state index in [1.54, 1.807) is 18.2 Å². The van der Waals surface area contributed by atoms with Crippen molar-refractivity contribution in [3.8, 4) is 5.75 Å². The number of nitrogens with two attached hydrogens (primary N) is 1.